The Morgan fingerprint density at radius 3 is 1.52 bits per heavy atom. The third kappa shape index (κ3) is 6.31. The number of hydrogen-bond acceptors (Lipinski definition) is 2. The molecular formula is C62H40N2S. The van der Waals surface area contributed by atoms with E-state index in [1.165, 1.54) is 91.4 Å². The Kier molecular flexibility index (Phi) is 8.75. The summed E-state index contributed by atoms with van der Waals surface area (Å²) in [5.74, 6) is 0. The molecule has 0 amide bonds. The van der Waals surface area contributed by atoms with Gasteiger partial charge in [-0.3, -0.25) is 0 Å². The largest absolute Gasteiger partial charge is 0.310 e. The molecule has 0 spiro atoms. The molecule has 0 atom stereocenters. The second kappa shape index (κ2) is 15.2. The van der Waals surface area contributed by atoms with Crippen molar-refractivity contribution in [2.75, 3.05) is 4.90 Å². The Labute approximate surface area is 381 Å². The zero-order valence-corrected chi connectivity index (χ0v) is 36.2. The molecule has 2 nitrogen and oxygen atoms in total. The predicted molar refractivity (Wildman–Crippen MR) is 280 cm³/mol. The number of para-hydroxylation sites is 2. The van der Waals surface area contributed by atoms with Crippen molar-refractivity contribution >= 4 is 91.9 Å². The molecule has 0 saturated heterocycles. The summed E-state index contributed by atoms with van der Waals surface area (Å²) >= 11 is 1.88. The lowest BCUT2D eigenvalue weighted by atomic mass is 9.96. The molecule has 13 aromatic rings. The molecule has 2 heterocycles. The number of hydrogen-bond donors (Lipinski definition) is 0. The SMILES string of the molecule is c1ccc(-n2c3ccccc3c3cc(-c4cccc5c4sc4ccccc45)c(N(c4ccc(-c5ccc6ccccc6c5)cc4)c4ccc(-c5ccc6ccccc6c5)cc4)cc32)cc1. The molecular weight excluding hydrogens is 805 g/mol. The van der Waals surface area contributed by atoms with Gasteiger partial charge >= 0.3 is 0 Å². The number of thiophene rings is 1. The maximum Gasteiger partial charge on any atom is 0.0562 e. The van der Waals surface area contributed by atoms with E-state index in [1.54, 1.807) is 0 Å². The van der Waals surface area contributed by atoms with Crippen LogP contribution in [-0.4, -0.2) is 4.57 Å². The molecule has 0 N–H and O–H groups in total. The molecule has 11 aromatic carbocycles. The van der Waals surface area contributed by atoms with Crippen molar-refractivity contribution in [2.45, 2.75) is 0 Å². The molecule has 3 heteroatoms. The van der Waals surface area contributed by atoms with E-state index in [4.69, 9.17) is 0 Å². The Hall–Kier alpha value is -8.24. The minimum absolute atomic E-state index is 1.08. The minimum atomic E-state index is 1.08. The van der Waals surface area contributed by atoms with Gasteiger partial charge in [0.2, 0.25) is 0 Å². The molecule has 0 aliphatic heterocycles. The molecule has 65 heavy (non-hydrogen) atoms. The van der Waals surface area contributed by atoms with E-state index in [0.717, 1.165) is 28.3 Å². The fourth-order valence-corrected chi connectivity index (χ4v) is 11.2. The number of benzene rings is 11. The van der Waals surface area contributed by atoms with Gasteiger partial charge in [0, 0.05) is 59.1 Å². The van der Waals surface area contributed by atoms with Crippen LogP contribution in [0.1, 0.15) is 0 Å². The van der Waals surface area contributed by atoms with Crippen molar-refractivity contribution in [1.29, 1.82) is 0 Å². The summed E-state index contributed by atoms with van der Waals surface area (Å²) in [6.07, 6.45) is 0. The first kappa shape index (κ1) is 37.3. The van der Waals surface area contributed by atoms with Gasteiger partial charge in [0.1, 0.15) is 0 Å². The zero-order chi connectivity index (χ0) is 42.8. The van der Waals surface area contributed by atoms with Gasteiger partial charge in [0.25, 0.3) is 0 Å². The highest BCUT2D eigenvalue weighted by Crippen LogP contribution is 2.49. The van der Waals surface area contributed by atoms with E-state index in [1.807, 2.05) is 11.3 Å². The van der Waals surface area contributed by atoms with Crippen molar-refractivity contribution in [1.82, 2.24) is 4.57 Å². The maximum atomic E-state index is 2.47. The smallest absolute Gasteiger partial charge is 0.0562 e. The Morgan fingerprint density at radius 2 is 0.862 bits per heavy atom. The van der Waals surface area contributed by atoms with Crippen molar-refractivity contribution < 1.29 is 0 Å². The first-order chi connectivity index (χ1) is 32.2. The van der Waals surface area contributed by atoms with Crippen molar-refractivity contribution in [3.63, 3.8) is 0 Å². The van der Waals surface area contributed by atoms with Crippen LogP contribution in [0.15, 0.2) is 243 Å². The van der Waals surface area contributed by atoms with Gasteiger partial charge < -0.3 is 9.47 Å². The van der Waals surface area contributed by atoms with E-state index in [2.05, 4.69) is 252 Å². The van der Waals surface area contributed by atoms with E-state index in [9.17, 15) is 0 Å². The molecule has 13 rings (SSSR count). The average molecular weight is 845 g/mol. The highest BCUT2D eigenvalue weighted by Gasteiger charge is 2.24. The highest BCUT2D eigenvalue weighted by atomic mass is 32.1. The Bertz CT molecular complexity index is 3810. The average Bonchev–Trinajstić information content (AvgIpc) is 3.92. The van der Waals surface area contributed by atoms with Crippen molar-refractivity contribution in [3.8, 4) is 39.1 Å². The summed E-state index contributed by atoms with van der Waals surface area (Å²) in [6.45, 7) is 0. The molecule has 0 aliphatic carbocycles. The van der Waals surface area contributed by atoms with Crippen molar-refractivity contribution in [2.24, 2.45) is 0 Å². The minimum Gasteiger partial charge on any atom is -0.310 e. The van der Waals surface area contributed by atoms with Gasteiger partial charge in [-0.05, 0) is 117 Å². The fraction of sp³-hybridized carbons (Fsp3) is 0. The van der Waals surface area contributed by atoms with Gasteiger partial charge in [0.15, 0.2) is 0 Å². The van der Waals surface area contributed by atoms with Gasteiger partial charge in [-0.25, -0.2) is 0 Å². The second-order valence-corrected chi connectivity index (χ2v) is 18.0. The molecule has 0 radical (unpaired) electrons. The lowest BCUT2D eigenvalue weighted by Gasteiger charge is -2.29. The van der Waals surface area contributed by atoms with E-state index >= 15 is 0 Å². The van der Waals surface area contributed by atoms with Crippen LogP contribution in [0.5, 0.6) is 0 Å². The fourth-order valence-electron chi connectivity index (χ4n) is 9.99. The van der Waals surface area contributed by atoms with Crippen LogP contribution in [0.25, 0.3) is 103 Å². The normalized spacial score (nSPS) is 11.7. The molecule has 0 fully saturated rings. The summed E-state index contributed by atoms with van der Waals surface area (Å²) in [6, 6.07) is 89.2. The van der Waals surface area contributed by atoms with Crippen LogP contribution in [0.3, 0.4) is 0 Å². The standard InChI is InChI=1S/C62H40N2S/c1-2-17-49(18-3-1)64-58-23-10-8-19-52(58)56-39-57(55-22-12-21-54-53-20-9-11-24-61(53)65-62(54)55)59(40-60(56)64)63(50-33-29-43(30-34-50)47-27-25-41-13-4-6-15-45(41)37-47)51-35-31-44(32-36-51)48-28-26-42-14-5-7-16-46(42)38-48/h1-40H. The van der Waals surface area contributed by atoms with Crippen LogP contribution in [0.4, 0.5) is 17.1 Å². The first-order valence-corrected chi connectivity index (χ1v) is 23.1. The summed E-state index contributed by atoms with van der Waals surface area (Å²) in [4.78, 5) is 2.47. The van der Waals surface area contributed by atoms with Crippen LogP contribution < -0.4 is 4.90 Å². The quantitative estimate of drug-likeness (QED) is 0.155. The lowest BCUT2D eigenvalue weighted by Crippen LogP contribution is -2.11. The molecule has 304 valence electrons. The molecule has 0 bridgehead atoms. The van der Waals surface area contributed by atoms with Crippen LogP contribution in [0, 0.1) is 0 Å². The van der Waals surface area contributed by atoms with Gasteiger partial charge in [0.05, 0.1) is 16.7 Å². The number of anilines is 3. The lowest BCUT2D eigenvalue weighted by molar-refractivity contribution is 1.18. The van der Waals surface area contributed by atoms with Gasteiger partial charge in [-0.1, -0.05) is 170 Å². The first-order valence-electron chi connectivity index (χ1n) is 22.2. The highest BCUT2D eigenvalue weighted by molar-refractivity contribution is 7.26. The molecule has 0 saturated carbocycles. The summed E-state index contributed by atoms with van der Waals surface area (Å²) in [5, 5.41) is 10.0. The van der Waals surface area contributed by atoms with E-state index in [0.29, 0.717) is 0 Å². The summed E-state index contributed by atoms with van der Waals surface area (Å²) < 4.78 is 5.02. The van der Waals surface area contributed by atoms with Crippen LogP contribution in [-0.2, 0) is 0 Å². The number of rotatable bonds is 7. The monoisotopic (exact) mass is 844 g/mol. The maximum absolute atomic E-state index is 2.47. The third-order valence-electron chi connectivity index (χ3n) is 13.2. The Morgan fingerprint density at radius 1 is 0.323 bits per heavy atom. The summed E-state index contributed by atoms with van der Waals surface area (Å²) in [7, 11) is 0. The zero-order valence-electron chi connectivity index (χ0n) is 35.4. The second-order valence-electron chi connectivity index (χ2n) is 16.9. The molecule has 0 unspecified atom stereocenters. The Balaban J connectivity index is 1.07. The van der Waals surface area contributed by atoms with Crippen LogP contribution >= 0.6 is 11.3 Å². The molecule has 2 aromatic heterocycles. The van der Waals surface area contributed by atoms with Crippen LogP contribution in [0.2, 0.25) is 0 Å². The topological polar surface area (TPSA) is 8.17 Å². The number of fused-ring (bicyclic) bond motifs is 8. The predicted octanol–water partition coefficient (Wildman–Crippen LogP) is 17.9. The number of aromatic nitrogens is 1. The van der Waals surface area contributed by atoms with Gasteiger partial charge in [-0.2, -0.15) is 0 Å². The third-order valence-corrected chi connectivity index (χ3v) is 14.4. The van der Waals surface area contributed by atoms with E-state index in [-0.39, 0.29) is 0 Å². The number of nitrogens with zero attached hydrogens (tertiary/aromatic N) is 2. The van der Waals surface area contributed by atoms with Gasteiger partial charge in [-0.15, -0.1) is 11.3 Å². The van der Waals surface area contributed by atoms with Crippen molar-refractivity contribution in [3.05, 3.63) is 243 Å². The molecule has 0 aliphatic rings. The summed E-state index contributed by atoms with van der Waals surface area (Å²) in [5.41, 5.74) is 13.9. The van der Waals surface area contributed by atoms with E-state index < -0.39 is 0 Å².